The highest BCUT2D eigenvalue weighted by molar-refractivity contribution is 5.90. The molecular weight excluding hydrogens is 387 g/mol. The zero-order valence-electron chi connectivity index (χ0n) is 16.3. The molecule has 4 rings (SSSR count). The maximum atomic E-state index is 13.4. The van der Waals surface area contributed by atoms with Gasteiger partial charge in [0.05, 0.1) is 12.6 Å². The summed E-state index contributed by atoms with van der Waals surface area (Å²) in [5.74, 6) is 1.06. The number of nitrogens with one attached hydrogen (secondary N) is 3. The Hall–Kier alpha value is -4.01. The summed E-state index contributed by atoms with van der Waals surface area (Å²) in [7, 11) is 1.27. The number of fused-ring (bicyclic) bond motifs is 1. The first-order valence-electron chi connectivity index (χ1n) is 9.19. The summed E-state index contributed by atoms with van der Waals surface area (Å²) in [4.78, 5) is 21.3. The molecule has 0 bridgehead atoms. The minimum Gasteiger partial charge on any atom is -0.453 e. The molecule has 2 aromatic heterocycles. The Morgan fingerprint density at radius 1 is 1.13 bits per heavy atom. The fourth-order valence-corrected chi connectivity index (χ4v) is 3.05. The number of para-hydroxylation sites is 1. The van der Waals surface area contributed by atoms with Crippen LogP contribution in [0, 0.1) is 12.7 Å². The number of ether oxygens (including phenoxy) is 1. The third-order valence-corrected chi connectivity index (χ3v) is 4.48. The van der Waals surface area contributed by atoms with Gasteiger partial charge in [-0.2, -0.15) is 5.10 Å². The molecule has 0 saturated carbocycles. The number of carbonyl (C=O) groups excluding carboxylic acids is 1. The number of methoxy groups -OCH3 is 1. The van der Waals surface area contributed by atoms with Crippen molar-refractivity contribution in [3.05, 3.63) is 77.5 Å². The van der Waals surface area contributed by atoms with Crippen molar-refractivity contribution in [2.75, 3.05) is 12.4 Å². The van der Waals surface area contributed by atoms with Gasteiger partial charge < -0.3 is 15.4 Å². The molecule has 1 atom stereocenters. The van der Waals surface area contributed by atoms with Crippen LogP contribution in [0.5, 0.6) is 0 Å². The Bertz CT molecular complexity index is 1190. The number of hydrogen-bond acceptors (Lipinski definition) is 6. The Balaban J connectivity index is 1.83. The largest absolute Gasteiger partial charge is 0.453 e. The first-order chi connectivity index (χ1) is 14.5. The standard InChI is InChI=1S/C21H19FN6O2/c1-12-11-17(28-27-12)24-19-15-5-3-4-6-16(15)23-20(26-19)18(25-21(29)30-2)13-7-9-14(22)10-8-13/h3-11,18H,1-2H3,(H,25,29)(H2,23,24,26,27,28)/t18-/m1/s1. The topological polar surface area (TPSA) is 105 Å². The molecule has 0 aliphatic carbocycles. The number of aromatic amines is 1. The molecule has 152 valence electrons. The zero-order chi connectivity index (χ0) is 21.1. The van der Waals surface area contributed by atoms with Crippen molar-refractivity contribution in [3.8, 4) is 0 Å². The van der Waals surface area contributed by atoms with E-state index in [4.69, 9.17) is 4.74 Å². The molecule has 0 unspecified atom stereocenters. The van der Waals surface area contributed by atoms with Crippen LogP contribution in [0.1, 0.15) is 23.1 Å². The van der Waals surface area contributed by atoms with Crippen molar-refractivity contribution in [3.63, 3.8) is 0 Å². The Kier molecular flexibility index (Phi) is 5.25. The highest BCUT2D eigenvalue weighted by atomic mass is 19.1. The Morgan fingerprint density at radius 2 is 1.90 bits per heavy atom. The van der Waals surface area contributed by atoms with E-state index in [1.54, 1.807) is 12.1 Å². The summed E-state index contributed by atoms with van der Waals surface area (Å²) < 4.78 is 18.2. The Morgan fingerprint density at radius 3 is 2.60 bits per heavy atom. The molecule has 0 aliphatic rings. The fraction of sp³-hybridized carbons (Fsp3) is 0.143. The van der Waals surface area contributed by atoms with E-state index in [9.17, 15) is 9.18 Å². The molecule has 9 heteroatoms. The highest BCUT2D eigenvalue weighted by Crippen LogP contribution is 2.27. The number of halogens is 1. The predicted molar refractivity (Wildman–Crippen MR) is 110 cm³/mol. The summed E-state index contributed by atoms with van der Waals surface area (Å²) in [5.41, 5.74) is 2.18. The lowest BCUT2D eigenvalue weighted by Crippen LogP contribution is -2.30. The minimum absolute atomic E-state index is 0.320. The number of hydrogen-bond donors (Lipinski definition) is 3. The molecule has 0 saturated heterocycles. The lowest BCUT2D eigenvalue weighted by Gasteiger charge is -2.19. The maximum Gasteiger partial charge on any atom is 0.407 e. The molecule has 0 fully saturated rings. The summed E-state index contributed by atoms with van der Waals surface area (Å²) >= 11 is 0. The van der Waals surface area contributed by atoms with Crippen LogP contribution in [0.4, 0.5) is 20.8 Å². The molecule has 0 spiro atoms. The van der Waals surface area contributed by atoms with Crippen LogP contribution in [0.3, 0.4) is 0 Å². The van der Waals surface area contributed by atoms with Gasteiger partial charge in [-0.25, -0.2) is 19.2 Å². The first kappa shape index (κ1) is 19.3. The van der Waals surface area contributed by atoms with Gasteiger partial charge in [-0.05, 0) is 36.8 Å². The van der Waals surface area contributed by atoms with Gasteiger partial charge >= 0.3 is 6.09 Å². The van der Waals surface area contributed by atoms with Gasteiger partial charge in [-0.3, -0.25) is 5.10 Å². The van der Waals surface area contributed by atoms with Gasteiger partial charge in [0.1, 0.15) is 17.7 Å². The third kappa shape index (κ3) is 4.04. The highest BCUT2D eigenvalue weighted by Gasteiger charge is 2.22. The summed E-state index contributed by atoms with van der Waals surface area (Å²) in [5, 5.41) is 13.8. The summed E-state index contributed by atoms with van der Waals surface area (Å²) in [6.07, 6.45) is -0.654. The van der Waals surface area contributed by atoms with E-state index in [0.717, 1.165) is 11.1 Å². The Labute approximate surface area is 171 Å². The van der Waals surface area contributed by atoms with Gasteiger partial charge in [0.25, 0.3) is 0 Å². The van der Waals surface area contributed by atoms with E-state index in [1.165, 1.54) is 19.2 Å². The number of alkyl carbamates (subject to hydrolysis) is 1. The third-order valence-electron chi connectivity index (χ3n) is 4.48. The van der Waals surface area contributed by atoms with Crippen LogP contribution in [0.2, 0.25) is 0 Å². The van der Waals surface area contributed by atoms with Gasteiger partial charge in [0.2, 0.25) is 0 Å². The van der Waals surface area contributed by atoms with Gasteiger partial charge in [0.15, 0.2) is 11.6 Å². The van der Waals surface area contributed by atoms with E-state index >= 15 is 0 Å². The van der Waals surface area contributed by atoms with Crippen LogP contribution in [0.25, 0.3) is 10.9 Å². The molecule has 2 aromatic carbocycles. The minimum atomic E-state index is -0.746. The number of aromatic nitrogens is 4. The van der Waals surface area contributed by atoms with Crippen molar-refractivity contribution >= 4 is 28.6 Å². The molecule has 4 aromatic rings. The number of amides is 1. The smallest absolute Gasteiger partial charge is 0.407 e. The predicted octanol–water partition coefficient (Wildman–Crippen LogP) is 3.99. The van der Waals surface area contributed by atoms with Gasteiger partial charge in [-0.15, -0.1) is 0 Å². The van der Waals surface area contributed by atoms with Crippen LogP contribution >= 0.6 is 0 Å². The second kappa shape index (κ2) is 8.16. The van der Waals surface area contributed by atoms with Crippen LogP contribution in [-0.4, -0.2) is 33.4 Å². The van der Waals surface area contributed by atoms with E-state index in [2.05, 4.69) is 30.8 Å². The molecule has 3 N–H and O–H groups in total. The van der Waals surface area contributed by atoms with E-state index in [-0.39, 0.29) is 5.82 Å². The molecule has 1 amide bonds. The van der Waals surface area contributed by atoms with Crippen LogP contribution in [0.15, 0.2) is 54.6 Å². The molecular formula is C21H19FN6O2. The zero-order valence-corrected chi connectivity index (χ0v) is 16.3. The van der Waals surface area contributed by atoms with Crippen molar-refractivity contribution in [1.82, 2.24) is 25.5 Å². The average molecular weight is 406 g/mol. The number of aryl methyl sites for hydroxylation is 1. The van der Waals surface area contributed by atoms with Crippen molar-refractivity contribution in [2.45, 2.75) is 13.0 Å². The van der Waals surface area contributed by atoms with Crippen LogP contribution < -0.4 is 10.6 Å². The van der Waals surface area contributed by atoms with E-state index in [0.29, 0.717) is 28.5 Å². The molecule has 0 aliphatic heterocycles. The van der Waals surface area contributed by atoms with E-state index in [1.807, 2.05) is 37.3 Å². The average Bonchev–Trinajstić information content (AvgIpc) is 3.17. The van der Waals surface area contributed by atoms with Gasteiger partial charge in [0, 0.05) is 17.1 Å². The number of benzene rings is 2. The van der Waals surface area contributed by atoms with E-state index < -0.39 is 12.1 Å². The SMILES string of the molecule is COC(=O)N[C@H](c1ccc(F)cc1)c1nc(Nc2cc(C)[nH]n2)c2ccccc2n1. The summed E-state index contributed by atoms with van der Waals surface area (Å²) in [6.45, 7) is 1.90. The quantitative estimate of drug-likeness (QED) is 0.463. The molecule has 0 radical (unpaired) electrons. The number of nitrogens with zero attached hydrogens (tertiary/aromatic N) is 3. The normalized spacial score (nSPS) is 11.8. The number of H-pyrrole nitrogens is 1. The maximum absolute atomic E-state index is 13.4. The second-order valence-corrected chi connectivity index (χ2v) is 6.63. The summed E-state index contributed by atoms with van der Waals surface area (Å²) in [6, 6.07) is 14.4. The van der Waals surface area contributed by atoms with Gasteiger partial charge in [-0.1, -0.05) is 24.3 Å². The monoisotopic (exact) mass is 406 g/mol. The van der Waals surface area contributed by atoms with Crippen LogP contribution in [-0.2, 0) is 4.74 Å². The first-order valence-corrected chi connectivity index (χ1v) is 9.19. The molecule has 8 nitrogen and oxygen atoms in total. The number of anilines is 2. The lowest BCUT2D eigenvalue weighted by molar-refractivity contribution is 0.168. The molecule has 2 heterocycles. The van der Waals surface area contributed by atoms with Crippen molar-refractivity contribution in [2.24, 2.45) is 0 Å². The van der Waals surface area contributed by atoms with Crippen molar-refractivity contribution < 1.29 is 13.9 Å². The lowest BCUT2D eigenvalue weighted by atomic mass is 10.1. The molecule has 30 heavy (non-hydrogen) atoms. The number of rotatable bonds is 5. The fourth-order valence-electron chi connectivity index (χ4n) is 3.05. The van der Waals surface area contributed by atoms with Crippen molar-refractivity contribution in [1.29, 1.82) is 0 Å². The second-order valence-electron chi connectivity index (χ2n) is 6.63. The number of carbonyl (C=O) groups is 1.